The van der Waals surface area contributed by atoms with Crippen molar-refractivity contribution in [2.24, 2.45) is 0 Å². The van der Waals surface area contributed by atoms with Gasteiger partial charge in [0.05, 0.1) is 83.7 Å². The molecule has 3 heterocycles. The van der Waals surface area contributed by atoms with Crippen molar-refractivity contribution in [2.75, 3.05) is 60.3 Å². The van der Waals surface area contributed by atoms with Crippen molar-refractivity contribution in [3.63, 3.8) is 0 Å². The van der Waals surface area contributed by atoms with Gasteiger partial charge in [0.25, 0.3) is 0 Å². The first-order chi connectivity index (χ1) is 34.3. The lowest BCUT2D eigenvalue weighted by molar-refractivity contribution is -0.896. The Kier molecular flexibility index (Phi) is 16.7. The van der Waals surface area contributed by atoms with Crippen LogP contribution < -0.4 is 54.0 Å². The number of quaternary nitrogens is 1. The van der Waals surface area contributed by atoms with Crippen molar-refractivity contribution in [1.29, 1.82) is 0 Å². The number of alkyl carbamates (subject to hydrolysis) is 1. The first-order valence-corrected chi connectivity index (χ1v) is 26.1. The molecule has 0 spiro atoms. The number of nitrogen functional groups attached to an aromatic ring is 1. The number of rotatable bonds is 19. The van der Waals surface area contributed by atoms with Crippen molar-refractivity contribution < 1.29 is 69.0 Å². The summed E-state index contributed by atoms with van der Waals surface area (Å²) < 4.78 is 89.3. The lowest BCUT2D eigenvalue weighted by Crippen LogP contribution is -3.00. The molecule has 7 aromatic rings. The third kappa shape index (κ3) is 12.9. The van der Waals surface area contributed by atoms with Gasteiger partial charge in [-0.1, -0.05) is 54.6 Å². The first-order valence-electron chi connectivity index (χ1n) is 23.2. The van der Waals surface area contributed by atoms with Gasteiger partial charge in [-0.3, -0.25) is 0 Å². The van der Waals surface area contributed by atoms with E-state index in [1.807, 2.05) is 19.2 Å². The van der Waals surface area contributed by atoms with Gasteiger partial charge in [-0.2, -0.15) is 9.10 Å². The van der Waals surface area contributed by atoms with E-state index in [-0.39, 0.29) is 73.1 Å². The summed E-state index contributed by atoms with van der Waals surface area (Å²) in [6.07, 6.45) is -0.117. The van der Waals surface area contributed by atoms with E-state index in [0.717, 1.165) is 5.56 Å². The Morgan fingerprint density at radius 2 is 1.42 bits per heavy atom. The second-order valence-electron chi connectivity index (χ2n) is 18.9. The molecule has 0 saturated carbocycles. The van der Waals surface area contributed by atoms with Crippen molar-refractivity contribution in [2.45, 2.75) is 68.3 Å². The zero-order valence-electron chi connectivity index (χ0n) is 41.6. The van der Waals surface area contributed by atoms with Crippen LogP contribution in [0.15, 0.2) is 113 Å². The Morgan fingerprint density at radius 3 is 2.00 bits per heavy atom. The fourth-order valence-corrected chi connectivity index (χ4v) is 12.5. The lowest BCUT2D eigenvalue weighted by Gasteiger charge is -2.30. The highest BCUT2D eigenvalue weighted by Gasteiger charge is 2.41. The number of nitrogens with one attached hydrogen (secondary N) is 3. The maximum Gasteiger partial charge on any atom is 0.407 e. The molecular weight excluding hydrogens is 1090 g/mol. The molecule has 388 valence electrons. The summed E-state index contributed by atoms with van der Waals surface area (Å²) >= 11 is 0. The summed E-state index contributed by atoms with van der Waals surface area (Å²) in [4.78, 5) is 20.3. The Hall–Kier alpha value is -6.38. The molecule has 1 saturated heterocycles. The van der Waals surface area contributed by atoms with Crippen molar-refractivity contribution in [3.05, 3.63) is 120 Å². The SMILES string of the molecule is COc1ccc(CN(Cc2ccc(OC)cc2)S(=O)(=O)c2c(S(=O)(=O)N[C@@H]3CC[N+](C)(CCNC(=O)OC(C)(C)C)C3)ccc(-c3cccc4[nH]c(N)nc34)c2-c2nnn(Cc3ccc(OC)cc3)n2)cc1.[I-]. The topological polar surface area (TPSA) is 248 Å². The third-order valence-electron chi connectivity index (χ3n) is 12.3. The molecule has 2 atom stereocenters. The molecule has 0 aliphatic carbocycles. The summed E-state index contributed by atoms with van der Waals surface area (Å²) in [6, 6.07) is 28.7. The number of halogens is 1. The molecule has 23 heteroatoms. The van der Waals surface area contributed by atoms with Crippen LogP contribution in [0, 0.1) is 0 Å². The number of nitrogens with zero attached hydrogens (tertiary/aromatic N) is 7. The van der Waals surface area contributed by atoms with Gasteiger partial charge >= 0.3 is 6.09 Å². The molecule has 2 aromatic heterocycles. The highest BCUT2D eigenvalue weighted by molar-refractivity contribution is 7.92. The van der Waals surface area contributed by atoms with Crippen LogP contribution >= 0.6 is 0 Å². The minimum atomic E-state index is -4.94. The van der Waals surface area contributed by atoms with Crippen LogP contribution in [0.2, 0.25) is 0 Å². The number of aromatic nitrogens is 6. The normalized spacial score (nSPS) is 16.0. The maximum atomic E-state index is 16.3. The van der Waals surface area contributed by atoms with Crippen LogP contribution in [0.3, 0.4) is 0 Å². The molecule has 1 fully saturated rings. The van der Waals surface area contributed by atoms with E-state index in [4.69, 9.17) is 29.8 Å². The summed E-state index contributed by atoms with van der Waals surface area (Å²) in [5, 5.41) is 16.4. The number of imidazole rings is 1. The maximum absolute atomic E-state index is 16.3. The van der Waals surface area contributed by atoms with Gasteiger partial charge in [-0.05, 0) is 96.8 Å². The highest BCUT2D eigenvalue weighted by atomic mass is 127. The van der Waals surface area contributed by atoms with Crippen molar-refractivity contribution >= 4 is 43.1 Å². The van der Waals surface area contributed by atoms with E-state index in [1.165, 1.54) is 29.4 Å². The molecule has 0 bridgehead atoms. The number of hydrogen-bond donors (Lipinski definition) is 4. The molecule has 0 radical (unpaired) electrons. The van der Waals surface area contributed by atoms with Crippen LogP contribution in [0.25, 0.3) is 33.5 Å². The molecule has 20 nitrogen and oxygen atoms in total. The predicted molar refractivity (Wildman–Crippen MR) is 271 cm³/mol. The number of benzene rings is 5. The van der Waals surface area contributed by atoms with Gasteiger partial charge in [-0.25, -0.2) is 31.3 Å². The van der Waals surface area contributed by atoms with Gasteiger partial charge in [0.15, 0.2) is 5.95 Å². The van der Waals surface area contributed by atoms with E-state index in [9.17, 15) is 4.79 Å². The summed E-state index contributed by atoms with van der Waals surface area (Å²) in [5.41, 5.74) is 9.02. The van der Waals surface area contributed by atoms with Gasteiger partial charge in [0, 0.05) is 25.1 Å². The number of nitrogens with two attached hydrogens (primary N) is 1. The van der Waals surface area contributed by atoms with Gasteiger partial charge in [-0.15, -0.1) is 10.2 Å². The van der Waals surface area contributed by atoms with Crippen LogP contribution in [0.1, 0.15) is 43.9 Å². The quantitative estimate of drug-likeness (QED) is 0.0672. The van der Waals surface area contributed by atoms with Crippen LogP contribution in [0.5, 0.6) is 17.2 Å². The number of amides is 1. The second-order valence-corrected chi connectivity index (χ2v) is 22.4. The van der Waals surface area contributed by atoms with Gasteiger partial charge in [0.2, 0.25) is 25.9 Å². The number of fused-ring (bicyclic) bond motifs is 1. The second kappa shape index (κ2) is 22.4. The third-order valence-corrected chi connectivity index (χ3v) is 15.9. The number of para-hydroxylation sites is 1. The number of hydrogen-bond acceptors (Lipinski definition) is 14. The van der Waals surface area contributed by atoms with Crippen molar-refractivity contribution in [3.8, 4) is 39.8 Å². The molecule has 8 rings (SSSR count). The number of methoxy groups -OCH3 is 3. The van der Waals surface area contributed by atoms with Crippen LogP contribution in [-0.4, -0.2) is 128 Å². The molecule has 1 aliphatic heterocycles. The van der Waals surface area contributed by atoms with E-state index in [1.54, 1.807) is 113 Å². The monoisotopic (exact) mass is 1150 g/mol. The number of likely N-dealkylation sites (N-methyl/N-ethyl adjacent to an activating group) is 1. The number of likely N-dealkylation sites (tertiary alicyclic amines) is 1. The fourth-order valence-electron chi connectivity index (χ4n) is 8.78. The Morgan fingerprint density at radius 1 is 0.836 bits per heavy atom. The number of H-pyrrole nitrogens is 1. The molecule has 73 heavy (non-hydrogen) atoms. The Balaban J connectivity index is 0.00000780. The van der Waals surface area contributed by atoms with Gasteiger partial charge < -0.3 is 63.4 Å². The largest absolute Gasteiger partial charge is 1.00 e. The molecular formula is C50H60IN11O9S2. The molecule has 5 N–H and O–H groups in total. The predicted octanol–water partition coefficient (Wildman–Crippen LogP) is 2.96. The number of aromatic amines is 1. The Labute approximate surface area is 442 Å². The van der Waals surface area contributed by atoms with E-state index < -0.39 is 47.6 Å². The molecule has 1 aliphatic rings. The van der Waals surface area contributed by atoms with Gasteiger partial charge in [0.1, 0.15) is 32.6 Å². The molecule has 5 aromatic carbocycles. The van der Waals surface area contributed by atoms with Crippen molar-refractivity contribution in [1.82, 2.24) is 44.5 Å². The summed E-state index contributed by atoms with van der Waals surface area (Å²) in [7, 11) is -3.02. The Bertz CT molecular complexity index is 3230. The number of tetrazole rings is 1. The van der Waals surface area contributed by atoms with E-state index in [2.05, 4.69) is 30.3 Å². The summed E-state index contributed by atoms with van der Waals surface area (Å²) in [6.45, 7) is 6.81. The van der Waals surface area contributed by atoms with E-state index >= 15 is 16.8 Å². The van der Waals surface area contributed by atoms with Crippen LogP contribution in [-0.2, 0) is 44.4 Å². The lowest BCUT2D eigenvalue weighted by atomic mass is 9.98. The average molecular weight is 1150 g/mol. The first kappa shape index (κ1) is 54.4. The minimum absolute atomic E-state index is 0. The molecule has 1 amide bonds. The average Bonchev–Trinajstić information content (AvgIpc) is 4.08. The smallest absolute Gasteiger partial charge is 0.407 e. The fraction of sp³-hybridized carbons (Fsp3) is 0.340. The number of carbonyl (C=O) groups excluding carboxylic acids is 1. The highest BCUT2D eigenvalue weighted by Crippen LogP contribution is 2.43. The number of carbonyl (C=O) groups is 1. The number of anilines is 1. The number of ether oxygens (including phenoxy) is 4. The molecule has 1 unspecified atom stereocenters. The minimum Gasteiger partial charge on any atom is -1.00 e. The summed E-state index contributed by atoms with van der Waals surface area (Å²) in [5.74, 6) is 1.74. The van der Waals surface area contributed by atoms with Crippen LogP contribution in [0.4, 0.5) is 10.7 Å². The number of sulfonamides is 2. The zero-order chi connectivity index (χ0) is 51.4. The zero-order valence-corrected chi connectivity index (χ0v) is 45.4. The standard InChI is InChI=1S/C50H59N11O9S2.HI/c1-50(2,3)70-49(62)52-26-28-61(4)27-25-36(32-61)57-71(63,64)43-24-23-40(41-9-8-10-42-45(41)54-48(51)53-42)44(47-55-58-60(56-47)31-35-15-21-39(69-7)22-16-35)46(43)72(65,66)59(29-33-11-17-37(67-5)18-12-33)30-34-13-19-38(68-6)20-14-34;/h8-24,36,57H,25-32H2,1-7H3,(H3-,51,52,53,54,55,56,58,62);1H/t36-,61?;/m1./s1. The van der Waals surface area contributed by atoms with E-state index in [0.29, 0.717) is 75.5 Å².